The lowest BCUT2D eigenvalue weighted by Crippen LogP contribution is -1.94. The van der Waals surface area contributed by atoms with Gasteiger partial charge in [0.05, 0.1) is 16.8 Å². The van der Waals surface area contributed by atoms with Crippen LogP contribution in [0.2, 0.25) is 0 Å². The second kappa shape index (κ2) is 6.10. The third kappa shape index (κ3) is 2.93. The maximum Gasteiger partial charge on any atom is 0.270 e. The van der Waals surface area contributed by atoms with Gasteiger partial charge in [0.2, 0.25) is 0 Å². The van der Waals surface area contributed by atoms with Crippen LogP contribution in [0.5, 0.6) is 0 Å². The van der Waals surface area contributed by atoms with Gasteiger partial charge in [-0.25, -0.2) is 4.68 Å². The van der Waals surface area contributed by atoms with Gasteiger partial charge < -0.3 is 5.21 Å². The van der Waals surface area contributed by atoms with Gasteiger partial charge in [0.1, 0.15) is 5.69 Å². The van der Waals surface area contributed by atoms with E-state index in [0.29, 0.717) is 16.8 Å². The second-order valence-electron chi connectivity index (χ2n) is 4.77. The molecule has 2 aromatic carbocycles. The van der Waals surface area contributed by atoms with Gasteiger partial charge in [-0.1, -0.05) is 35.5 Å². The summed E-state index contributed by atoms with van der Waals surface area (Å²) < 4.78 is 1.63. The van der Waals surface area contributed by atoms with Gasteiger partial charge >= 0.3 is 0 Å². The van der Waals surface area contributed by atoms with Crippen molar-refractivity contribution in [3.8, 4) is 16.9 Å². The van der Waals surface area contributed by atoms with E-state index >= 15 is 0 Å². The van der Waals surface area contributed by atoms with Crippen molar-refractivity contribution in [2.75, 3.05) is 0 Å². The van der Waals surface area contributed by atoms with Crippen molar-refractivity contribution in [3.63, 3.8) is 0 Å². The minimum absolute atomic E-state index is 0.0244. The molecule has 0 aliphatic heterocycles. The molecule has 114 valence electrons. The number of benzene rings is 2. The third-order valence-corrected chi connectivity index (χ3v) is 3.29. The van der Waals surface area contributed by atoms with Gasteiger partial charge in [0.25, 0.3) is 5.69 Å². The number of nitrogens with zero attached hydrogens (tertiary/aromatic N) is 4. The van der Waals surface area contributed by atoms with Crippen LogP contribution in [0.4, 0.5) is 5.69 Å². The van der Waals surface area contributed by atoms with Crippen molar-refractivity contribution in [1.29, 1.82) is 0 Å². The first-order valence-electron chi connectivity index (χ1n) is 6.76. The Balaban J connectivity index is 2.13. The van der Waals surface area contributed by atoms with E-state index in [1.54, 1.807) is 23.0 Å². The van der Waals surface area contributed by atoms with Crippen LogP contribution in [0.3, 0.4) is 0 Å². The van der Waals surface area contributed by atoms with Crippen LogP contribution in [-0.4, -0.2) is 26.1 Å². The number of rotatable bonds is 4. The summed E-state index contributed by atoms with van der Waals surface area (Å²) in [5.41, 5.74) is 2.43. The van der Waals surface area contributed by atoms with Gasteiger partial charge in [0, 0.05) is 29.5 Å². The standard InChI is InChI=1S/C16H12N4O3/c21-17-10-13-11-19(14-6-2-1-3-7-14)18-16(13)12-5-4-8-15(9-12)20(22)23/h1-11,21H/b17-10+. The first kappa shape index (κ1) is 14.5. The van der Waals surface area contributed by atoms with Crippen LogP contribution in [0.25, 0.3) is 16.9 Å². The van der Waals surface area contributed by atoms with Crippen LogP contribution < -0.4 is 0 Å². The summed E-state index contributed by atoms with van der Waals surface area (Å²) in [7, 11) is 0. The average Bonchev–Trinajstić information content (AvgIpc) is 3.00. The fourth-order valence-electron chi connectivity index (χ4n) is 2.25. The number of nitro benzene ring substituents is 1. The highest BCUT2D eigenvalue weighted by Crippen LogP contribution is 2.26. The first-order chi connectivity index (χ1) is 11.2. The zero-order valence-corrected chi connectivity index (χ0v) is 11.9. The number of oxime groups is 1. The third-order valence-electron chi connectivity index (χ3n) is 3.29. The smallest absolute Gasteiger partial charge is 0.270 e. The molecule has 0 aliphatic carbocycles. The molecule has 1 N–H and O–H groups in total. The summed E-state index contributed by atoms with van der Waals surface area (Å²) in [4.78, 5) is 10.5. The summed E-state index contributed by atoms with van der Waals surface area (Å²) in [5, 5.41) is 27.3. The van der Waals surface area contributed by atoms with Gasteiger partial charge in [-0.15, -0.1) is 0 Å². The van der Waals surface area contributed by atoms with Gasteiger partial charge in [-0.3, -0.25) is 10.1 Å². The molecule has 0 atom stereocenters. The summed E-state index contributed by atoms with van der Waals surface area (Å²) in [6.07, 6.45) is 2.95. The molecule has 7 heteroatoms. The maximum absolute atomic E-state index is 10.9. The lowest BCUT2D eigenvalue weighted by Gasteiger charge is -2.00. The highest BCUT2D eigenvalue weighted by atomic mass is 16.6. The number of hydrogen-bond acceptors (Lipinski definition) is 5. The zero-order valence-electron chi connectivity index (χ0n) is 11.9. The van der Waals surface area contributed by atoms with Crippen molar-refractivity contribution in [2.45, 2.75) is 0 Å². The Kier molecular flexibility index (Phi) is 3.84. The molecule has 3 rings (SSSR count). The molecule has 0 radical (unpaired) electrons. The minimum Gasteiger partial charge on any atom is -0.411 e. The van der Waals surface area contributed by atoms with E-state index in [1.807, 2.05) is 30.3 Å². The summed E-state index contributed by atoms with van der Waals surface area (Å²) >= 11 is 0. The number of hydrogen-bond donors (Lipinski definition) is 1. The Morgan fingerprint density at radius 1 is 1.17 bits per heavy atom. The van der Waals surface area contributed by atoms with E-state index in [9.17, 15) is 10.1 Å². The van der Waals surface area contributed by atoms with Gasteiger partial charge in [-0.05, 0) is 12.1 Å². The maximum atomic E-state index is 10.9. The summed E-state index contributed by atoms with van der Waals surface area (Å²) in [5.74, 6) is 0. The Bertz CT molecular complexity index is 872. The lowest BCUT2D eigenvalue weighted by molar-refractivity contribution is -0.384. The topological polar surface area (TPSA) is 93.5 Å². The SMILES string of the molecule is O=[N+]([O-])c1cccc(-c2nn(-c3ccccc3)cc2/C=N/O)c1. The Morgan fingerprint density at radius 3 is 2.65 bits per heavy atom. The van der Waals surface area contributed by atoms with E-state index in [-0.39, 0.29) is 5.69 Å². The predicted octanol–water partition coefficient (Wildman–Crippen LogP) is 3.26. The van der Waals surface area contributed by atoms with E-state index in [0.717, 1.165) is 5.69 Å². The molecular formula is C16H12N4O3. The monoisotopic (exact) mass is 308 g/mol. The number of nitro groups is 1. The van der Waals surface area contributed by atoms with E-state index in [2.05, 4.69) is 10.3 Å². The van der Waals surface area contributed by atoms with Gasteiger partial charge in [0.15, 0.2) is 0 Å². The fraction of sp³-hybridized carbons (Fsp3) is 0. The van der Waals surface area contributed by atoms with Crippen molar-refractivity contribution in [1.82, 2.24) is 9.78 Å². The lowest BCUT2D eigenvalue weighted by atomic mass is 10.1. The van der Waals surface area contributed by atoms with Gasteiger partial charge in [-0.2, -0.15) is 5.10 Å². The van der Waals surface area contributed by atoms with Crippen molar-refractivity contribution in [3.05, 3.63) is 76.5 Å². The molecule has 0 spiro atoms. The molecule has 0 unspecified atom stereocenters. The first-order valence-corrected chi connectivity index (χ1v) is 6.76. The van der Waals surface area contributed by atoms with Crippen molar-refractivity contribution >= 4 is 11.9 Å². The Labute approximate surface area is 131 Å². The molecular weight excluding hydrogens is 296 g/mol. The molecule has 0 saturated carbocycles. The van der Waals surface area contributed by atoms with Crippen molar-refractivity contribution < 1.29 is 10.1 Å². The number of aromatic nitrogens is 2. The van der Waals surface area contributed by atoms with Crippen LogP contribution in [0.1, 0.15) is 5.56 Å². The molecule has 0 bridgehead atoms. The normalized spacial score (nSPS) is 11.0. The molecule has 7 nitrogen and oxygen atoms in total. The molecule has 0 amide bonds. The predicted molar refractivity (Wildman–Crippen MR) is 85.0 cm³/mol. The highest BCUT2D eigenvalue weighted by molar-refractivity contribution is 5.88. The minimum atomic E-state index is -0.461. The molecule has 0 aliphatic rings. The Hall–Kier alpha value is -3.48. The van der Waals surface area contributed by atoms with Crippen LogP contribution in [0.15, 0.2) is 65.9 Å². The highest BCUT2D eigenvalue weighted by Gasteiger charge is 2.14. The molecule has 23 heavy (non-hydrogen) atoms. The largest absolute Gasteiger partial charge is 0.411 e. The number of para-hydroxylation sites is 1. The zero-order chi connectivity index (χ0) is 16.2. The van der Waals surface area contributed by atoms with E-state index < -0.39 is 4.92 Å². The number of non-ortho nitro benzene ring substituents is 1. The summed E-state index contributed by atoms with van der Waals surface area (Å²) in [6.45, 7) is 0. The summed E-state index contributed by atoms with van der Waals surface area (Å²) in [6, 6.07) is 15.6. The molecule has 1 aromatic heterocycles. The molecule has 3 aromatic rings. The Morgan fingerprint density at radius 2 is 1.96 bits per heavy atom. The average molecular weight is 308 g/mol. The van der Waals surface area contributed by atoms with E-state index in [1.165, 1.54) is 18.3 Å². The molecule has 0 saturated heterocycles. The fourth-order valence-corrected chi connectivity index (χ4v) is 2.25. The van der Waals surface area contributed by atoms with Crippen LogP contribution in [0, 0.1) is 10.1 Å². The quantitative estimate of drug-likeness (QED) is 0.346. The van der Waals surface area contributed by atoms with Crippen molar-refractivity contribution in [2.24, 2.45) is 5.16 Å². The molecule has 1 heterocycles. The van der Waals surface area contributed by atoms with Crippen LogP contribution in [-0.2, 0) is 0 Å². The second-order valence-corrected chi connectivity index (χ2v) is 4.77. The van der Waals surface area contributed by atoms with E-state index in [4.69, 9.17) is 5.21 Å². The van der Waals surface area contributed by atoms with Crippen LogP contribution >= 0.6 is 0 Å². The molecule has 0 fully saturated rings.